The Morgan fingerprint density at radius 3 is 3.05 bits per heavy atom. The van der Waals surface area contributed by atoms with E-state index in [1.54, 1.807) is 24.2 Å². The van der Waals surface area contributed by atoms with Crippen LogP contribution in [0, 0.1) is 5.82 Å². The minimum absolute atomic E-state index is 0.121. The Morgan fingerprint density at radius 1 is 1.45 bits per heavy atom. The molecule has 5 nitrogen and oxygen atoms in total. The molecule has 0 spiro atoms. The first-order valence-corrected chi connectivity index (χ1v) is 6.58. The summed E-state index contributed by atoms with van der Waals surface area (Å²) in [5, 5.41) is 7.58. The van der Waals surface area contributed by atoms with Crippen molar-refractivity contribution in [3.8, 4) is 0 Å². The van der Waals surface area contributed by atoms with Gasteiger partial charge < -0.3 is 10.1 Å². The van der Waals surface area contributed by atoms with E-state index in [1.165, 1.54) is 12.1 Å². The molecule has 0 atom stereocenters. The fraction of sp³-hybridized carbons (Fsp3) is 0.385. The van der Waals surface area contributed by atoms with Gasteiger partial charge in [0.2, 0.25) is 0 Å². The zero-order chi connectivity index (χ0) is 14.4. The lowest BCUT2D eigenvalue weighted by Crippen LogP contribution is -2.19. The summed E-state index contributed by atoms with van der Waals surface area (Å²) in [5.74, 6) is 0.265. The zero-order valence-electron chi connectivity index (χ0n) is 11.1. The predicted molar refractivity (Wildman–Crippen MR) is 74.1 cm³/mol. The second kappa shape index (κ2) is 7.33. The molecule has 0 aliphatic heterocycles. The van der Waals surface area contributed by atoms with Gasteiger partial charge in [-0.15, -0.1) is 0 Å². The molecule has 1 N–H and O–H groups in total. The number of nitrogens with zero attached hydrogens (tertiary/aromatic N) is 3. The van der Waals surface area contributed by atoms with Crippen molar-refractivity contribution >= 4 is 11.6 Å². The molecule has 0 fully saturated rings. The maximum atomic E-state index is 13.3. The average molecular weight is 299 g/mol. The molecular weight excluding hydrogens is 283 g/mol. The number of methoxy groups -OCH3 is 1. The highest BCUT2D eigenvalue weighted by Gasteiger charge is 2.04. The molecular formula is C13H16ClFN4O. The van der Waals surface area contributed by atoms with Crippen LogP contribution in [0.4, 0.5) is 4.39 Å². The summed E-state index contributed by atoms with van der Waals surface area (Å²) in [5.41, 5.74) is 0.788. The van der Waals surface area contributed by atoms with E-state index in [1.807, 2.05) is 0 Å². The smallest absolute Gasteiger partial charge is 0.164 e. The van der Waals surface area contributed by atoms with Gasteiger partial charge in [-0.2, -0.15) is 5.10 Å². The van der Waals surface area contributed by atoms with E-state index in [9.17, 15) is 4.39 Å². The molecule has 0 radical (unpaired) electrons. The van der Waals surface area contributed by atoms with Crippen molar-refractivity contribution in [1.29, 1.82) is 0 Å². The highest BCUT2D eigenvalue weighted by atomic mass is 35.5. The number of nitrogens with one attached hydrogen (secondary N) is 1. The van der Waals surface area contributed by atoms with Crippen LogP contribution in [0.1, 0.15) is 11.4 Å². The van der Waals surface area contributed by atoms with Crippen LogP contribution in [0.2, 0.25) is 5.02 Å². The van der Waals surface area contributed by atoms with E-state index < -0.39 is 5.82 Å². The fourth-order valence-electron chi connectivity index (χ4n) is 1.69. The SMILES string of the molecule is COCCNCc1ncn(Cc2ccc(Cl)c(F)c2)n1. The van der Waals surface area contributed by atoms with Crippen LogP contribution < -0.4 is 5.32 Å². The molecule has 0 aliphatic carbocycles. The van der Waals surface area contributed by atoms with E-state index in [0.717, 1.165) is 12.1 Å². The van der Waals surface area contributed by atoms with Crippen molar-refractivity contribution in [2.45, 2.75) is 13.1 Å². The third-order valence-corrected chi connectivity index (χ3v) is 2.99. The summed E-state index contributed by atoms with van der Waals surface area (Å²) >= 11 is 5.64. The first kappa shape index (κ1) is 14.9. The maximum absolute atomic E-state index is 13.3. The second-order valence-corrected chi connectivity index (χ2v) is 4.68. The first-order chi connectivity index (χ1) is 9.69. The zero-order valence-corrected chi connectivity index (χ0v) is 11.9. The van der Waals surface area contributed by atoms with Gasteiger partial charge in [0, 0.05) is 13.7 Å². The molecule has 0 aliphatic rings. The molecule has 2 aromatic rings. The summed E-state index contributed by atoms with van der Waals surface area (Å²) in [4.78, 5) is 4.18. The lowest BCUT2D eigenvalue weighted by Gasteiger charge is -2.02. The molecule has 20 heavy (non-hydrogen) atoms. The third-order valence-electron chi connectivity index (χ3n) is 2.68. The third kappa shape index (κ3) is 4.26. The topological polar surface area (TPSA) is 52.0 Å². The Hall–Kier alpha value is -1.50. The van der Waals surface area contributed by atoms with Gasteiger partial charge in [-0.25, -0.2) is 14.1 Å². The van der Waals surface area contributed by atoms with E-state index in [-0.39, 0.29) is 5.02 Å². The lowest BCUT2D eigenvalue weighted by atomic mass is 10.2. The molecule has 0 saturated heterocycles. The van der Waals surface area contributed by atoms with Gasteiger partial charge in [-0.3, -0.25) is 0 Å². The molecule has 0 saturated carbocycles. The second-order valence-electron chi connectivity index (χ2n) is 4.28. The summed E-state index contributed by atoms with van der Waals surface area (Å²) in [6.07, 6.45) is 1.62. The Morgan fingerprint density at radius 2 is 2.30 bits per heavy atom. The standard InChI is InChI=1S/C13H16ClFN4O/c1-20-5-4-16-7-13-17-9-19(18-13)8-10-2-3-11(14)12(15)6-10/h2-3,6,9,16H,4-5,7-8H2,1H3. The van der Waals surface area contributed by atoms with Crippen LogP contribution in [0.5, 0.6) is 0 Å². The lowest BCUT2D eigenvalue weighted by molar-refractivity contribution is 0.199. The minimum atomic E-state index is -0.425. The quantitative estimate of drug-likeness (QED) is 0.793. The van der Waals surface area contributed by atoms with Crippen LogP contribution in [0.3, 0.4) is 0 Å². The van der Waals surface area contributed by atoms with Gasteiger partial charge in [-0.05, 0) is 17.7 Å². The summed E-state index contributed by atoms with van der Waals surface area (Å²) in [6.45, 7) is 2.42. The normalized spacial score (nSPS) is 10.9. The highest BCUT2D eigenvalue weighted by molar-refractivity contribution is 6.30. The van der Waals surface area contributed by atoms with Crippen LogP contribution in [0.15, 0.2) is 24.5 Å². The Balaban J connectivity index is 1.90. The van der Waals surface area contributed by atoms with Crippen molar-refractivity contribution < 1.29 is 9.13 Å². The van der Waals surface area contributed by atoms with E-state index in [4.69, 9.17) is 16.3 Å². The minimum Gasteiger partial charge on any atom is -0.383 e. The molecule has 0 bridgehead atoms. The Kier molecular flexibility index (Phi) is 5.46. The summed E-state index contributed by atoms with van der Waals surface area (Å²) in [7, 11) is 1.65. The van der Waals surface area contributed by atoms with Crippen LogP contribution in [-0.2, 0) is 17.8 Å². The van der Waals surface area contributed by atoms with Gasteiger partial charge >= 0.3 is 0 Å². The van der Waals surface area contributed by atoms with Crippen LogP contribution in [0.25, 0.3) is 0 Å². The largest absolute Gasteiger partial charge is 0.383 e. The molecule has 0 unspecified atom stereocenters. The van der Waals surface area contributed by atoms with E-state index >= 15 is 0 Å². The molecule has 1 heterocycles. The van der Waals surface area contributed by atoms with Gasteiger partial charge in [-0.1, -0.05) is 17.7 Å². The van der Waals surface area contributed by atoms with Crippen molar-refractivity contribution in [1.82, 2.24) is 20.1 Å². The van der Waals surface area contributed by atoms with Crippen molar-refractivity contribution in [3.05, 3.63) is 46.8 Å². The van der Waals surface area contributed by atoms with Crippen LogP contribution in [-0.4, -0.2) is 35.0 Å². The highest BCUT2D eigenvalue weighted by Crippen LogP contribution is 2.16. The predicted octanol–water partition coefficient (Wildman–Crippen LogP) is 1.85. The van der Waals surface area contributed by atoms with Gasteiger partial charge in [0.15, 0.2) is 5.82 Å². The van der Waals surface area contributed by atoms with E-state index in [2.05, 4.69) is 15.4 Å². The Bertz CT molecular complexity index is 561. The number of rotatable bonds is 7. The molecule has 2 rings (SSSR count). The molecule has 1 aromatic carbocycles. The Labute approximate surface area is 121 Å². The maximum Gasteiger partial charge on any atom is 0.164 e. The molecule has 7 heteroatoms. The first-order valence-electron chi connectivity index (χ1n) is 6.21. The van der Waals surface area contributed by atoms with Crippen molar-refractivity contribution in [3.63, 3.8) is 0 Å². The number of hydrogen-bond acceptors (Lipinski definition) is 4. The van der Waals surface area contributed by atoms with Crippen molar-refractivity contribution in [2.24, 2.45) is 0 Å². The average Bonchev–Trinajstić information content (AvgIpc) is 2.87. The number of benzene rings is 1. The molecule has 108 valence electrons. The molecule has 0 amide bonds. The van der Waals surface area contributed by atoms with Crippen molar-refractivity contribution in [2.75, 3.05) is 20.3 Å². The molecule has 1 aromatic heterocycles. The fourth-order valence-corrected chi connectivity index (χ4v) is 1.81. The number of hydrogen-bond donors (Lipinski definition) is 1. The van der Waals surface area contributed by atoms with Crippen LogP contribution >= 0.6 is 11.6 Å². The summed E-state index contributed by atoms with van der Waals surface area (Å²) < 4.78 is 19.9. The van der Waals surface area contributed by atoms with Gasteiger partial charge in [0.25, 0.3) is 0 Å². The summed E-state index contributed by atoms with van der Waals surface area (Å²) in [6, 6.07) is 4.71. The monoisotopic (exact) mass is 298 g/mol. The number of halogens is 2. The number of ether oxygens (including phenoxy) is 1. The number of aromatic nitrogens is 3. The van der Waals surface area contributed by atoms with E-state index in [0.29, 0.717) is 25.5 Å². The van der Waals surface area contributed by atoms with Gasteiger partial charge in [0.1, 0.15) is 12.1 Å². The van der Waals surface area contributed by atoms with Gasteiger partial charge in [0.05, 0.1) is 24.7 Å².